The van der Waals surface area contributed by atoms with E-state index in [4.69, 9.17) is 4.74 Å². The van der Waals surface area contributed by atoms with E-state index in [0.717, 1.165) is 12.8 Å². The first-order valence-electron chi connectivity index (χ1n) is 11.4. The topological polar surface area (TPSA) is 95.6 Å². The number of fused-ring (bicyclic) bond motifs is 1. The fraction of sp³-hybridized carbons (Fsp3) is 0.417. The Morgan fingerprint density at radius 3 is 2.45 bits per heavy atom. The molecule has 1 aliphatic rings. The second-order valence-corrected chi connectivity index (χ2v) is 10.2. The molecule has 2 aromatic carbocycles. The van der Waals surface area contributed by atoms with Gasteiger partial charge in [0.05, 0.1) is 28.4 Å². The lowest BCUT2D eigenvalue weighted by atomic mass is 10.2. The maximum absolute atomic E-state index is 13.1. The maximum atomic E-state index is 13.1. The van der Waals surface area contributed by atoms with Crippen molar-refractivity contribution in [2.45, 2.75) is 37.6 Å². The van der Waals surface area contributed by atoms with Crippen LogP contribution in [0.3, 0.4) is 0 Å². The van der Waals surface area contributed by atoms with E-state index in [1.165, 1.54) is 4.31 Å². The molecule has 33 heavy (non-hydrogen) atoms. The summed E-state index contributed by atoms with van der Waals surface area (Å²) >= 11 is 0. The van der Waals surface area contributed by atoms with Crippen molar-refractivity contribution in [2.24, 2.45) is 0 Å². The summed E-state index contributed by atoms with van der Waals surface area (Å²) in [6.07, 6.45) is 2.01. The van der Waals surface area contributed by atoms with Gasteiger partial charge in [-0.3, -0.25) is 9.69 Å². The van der Waals surface area contributed by atoms with Gasteiger partial charge in [0.1, 0.15) is 11.6 Å². The van der Waals surface area contributed by atoms with Gasteiger partial charge in [-0.1, -0.05) is 25.5 Å². The molecule has 1 saturated heterocycles. The number of H-pyrrole nitrogens is 1. The number of piperazine rings is 1. The Hall–Kier alpha value is -2.75. The Morgan fingerprint density at radius 1 is 1.06 bits per heavy atom. The van der Waals surface area contributed by atoms with Crippen LogP contribution in [0.1, 0.15) is 38.6 Å². The van der Waals surface area contributed by atoms with Crippen LogP contribution < -0.4 is 10.3 Å². The molecule has 3 aromatic rings. The largest absolute Gasteiger partial charge is 0.494 e. The summed E-state index contributed by atoms with van der Waals surface area (Å²) in [5.74, 6) is 1.27. The molecular formula is C24H30N4O4S. The lowest BCUT2D eigenvalue weighted by Gasteiger charge is -2.37. The van der Waals surface area contributed by atoms with E-state index in [0.29, 0.717) is 55.3 Å². The van der Waals surface area contributed by atoms with Gasteiger partial charge in [-0.05, 0) is 49.7 Å². The average molecular weight is 471 g/mol. The Bertz CT molecular complexity index is 1250. The smallest absolute Gasteiger partial charge is 0.258 e. The molecule has 0 spiro atoms. The van der Waals surface area contributed by atoms with Crippen LogP contribution in [-0.2, 0) is 10.0 Å². The summed E-state index contributed by atoms with van der Waals surface area (Å²) in [5, 5.41) is 0.561. The third-order valence-corrected chi connectivity index (χ3v) is 7.99. The van der Waals surface area contributed by atoms with Gasteiger partial charge in [-0.15, -0.1) is 0 Å². The molecule has 1 aliphatic heterocycles. The van der Waals surface area contributed by atoms with Gasteiger partial charge in [0.2, 0.25) is 10.0 Å². The lowest BCUT2D eigenvalue weighted by Crippen LogP contribution is -2.49. The standard InChI is InChI=1S/C24H30N4O4S/c1-3-4-17-32-19-9-11-20(12-10-19)33(30,31)28-15-13-27(14-16-28)18(2)23-25-22-8-6-5-7-21(22)24(29)26-23/h5-12,18H,3-4,13-17H2,1-2H3,(H,25,26,29)/t18-/m0/s1. The number of hydrogen-bond acceptors (Lipinski definition) is 6. The number of unbranched alkanes of at least 4 members (excludes halogenated alkanes) is 1. The Morgan fingerprint density at radius 2 is 1.76 bits per heavy atom. The van der Waals surface area contributed by atoms with E-state index >= 15 is 0 Å². The zero-order valence-electron chi connectivity index (χ0n) is 19.0. The molecule has 0 bridgehead atoms. The first-order chi connectivity index (χ1) is 15.9. The first-order valence-corrected chi connectivity index (χ1v) is 12.8. The number of sulfonamides is 1. The van der Waals surface area contributed by atoms with Gasteiger partial charge < -0.3 is 9.72 Å². The zero-order chi connectivity index (χ0) is 23.4. The molecule has 1 N–H and O–H groups in total. The minimum atomic E-state index is -3.58. The highest BCUT2D eigenvalue weighted by molar-refractivity contribution is 7.89. The molecule has 1 fully saturated rings. The van der Waals surface area contributed by atoms with Crippen LogP contribution in [0.15, 0.2) is 58.2 Å². The summed E-state index contributed by atoms with van der Waals surface area (Å²) in [4.78, 5) is 22.3. The molecule has 1 aromatic heterocycles. The van der Waals surface area contributed by atoms with Crippen molar-refractivity contribution in [3.05, 3.63) is 64.7 Å². The third kappa shape index (κ3) is 5.10. The minimum absolute atomic E-state index is 0.133. The number of aromatic amines is 1. The van der Waals surface area contributed by atoms with Crippen LogP contribution in [0.2, 0.25) is 0 Å². The van der Waals surface area contributed by atoms with Crippen molar-refractivity contribution in [1.29, 1.82) is 0 Å². The van der Waals surface area contributed by atoms with Crippen LogP contribution >= 0.6 is 0 Å². The van der Waals surface area contributed by atoms with Gasteiger partial charge in [0, 0.05) is 26.2 Å². The number of nitrogens with zero attached hydrogens (tertiary/aromatic N) is 3. The van der Waals surface area contributed by atoms with Gasteiger partial charge in [-0.2, -0.15) is 4.31 Å². The van der Waals surface area contributed by atoms with E-state index in [2.05, 4.69) is 21.8 Å². The molecule has 0 unspecified atom stereocenters. The number of rotatable bonds is 8. The molecule has 4 rings (SSSR count). The highest BCUT2D eigenvalue weighted by Gasteiger charge is 2.31. The van der Waals surface area contributed by atoms with Gasteiger partial charge in [0.15, 0.2) is 0 Å². The summed E-state index contributed by atoms with van der Waals surface area (Å²) in [6, 6.07) is 13.8. The molecule has 0 aliphatic carbocycles. The van der Waals surface area contributed by atoms with E-state index in [9.17, 15) is 13.2 Å². The monoisotopic (exact) mass is 470 g/mol. The number of nitrogens with one attached hydrogen (secondary N) is 1. The molecule has 1 atom stereocenters. The molecule has 9 heteroatoms. The molecule has 0 amide bonds. The van der Waals surface area contributed by atoms with Crippen molar-refractivity contribution >= 4 is 20.9 Å². The predicted molar refractivity (Wildman–Crippen MR) is 128 cm³/mol. The number of ether oxygens (including phenoxy) is 1. The van der Waals surface area contributed by atoms with Crippen LogP contribution in [0.25, 0.3) is 10.9 Å². The molecule has 0 saturated carbocycles. The summed E-state index contributed by atoms with van der Waals surface area (Å²) in [6.45, 7) is 6.55. The van der Waals surface area contributed by atoms with Gasteiger partial charge >= 0.3 is 0 Å². The molecule has 0 radical (unpaired) electrons. The first kappa shape index (κ1) is 23.4. The van der Waals surface area contributed by atoms with Crippen molar-refractivity contribution in [3.63, 3.8) is 0 Å². The van der Waals surface area contributed by atoms with E-state index in [1.807, 2.05) is 25.1 Å². The SMILES string of the molecule is CCCCOc1ccc(S(=O)(=O)N2CCN([C@@H](C)c3nc4ccccc4c(=O)[nH]3)CC2)cc1. The quantitative estimate of drug-likeness (QED) is 0.508. The van der Waals surface area contributed by atoms with Gasteiger partial charge in [0.25, 0.3) is 5.56 Å². The average Bonchev–Trinajstić information content (AvgIpc) is 2.84. The fourth-order valence-corrected chi connectivity index (χ4v) is 5.42. The number of aromatic nitrogens is 2. The molecular weight excluding hydrogens is 440 g/mol. The lowest BCUT2D eigenvalue weighted by molar-refractivity contribution is 0.141. The Balaban J connectivity index is 1.41. The molecule has 8 nitrogen and oxygen atoms in total. The highest BCUT2D eigenvalue weighted by atomic mass is 32.2. The second kappa shape index (κ2) is 10.0. The molecule has 176 valence electrons. The summed E-state index contributed by atoms with van der Waals surface area (Å²) in [7, 11) is -3.58. The normalized spacial score (nSPS) is 16.7. The van der Waals surface area contributed by atoms with Crippen LogP contribution in [0.4, 0.5) is 0 Å². The molecule has 2 heterocycles. The van der Waals surface area contributed by atoms with Crippen molar-refractivity contribution in [1.82, 2.24) is 19.2 Å². The number of benzene rings is 2. The third-order valence-electron chi connectivity index (χ3n) is 6.08. The Labute approximate surface area is 194 Å². The summed E-state index contributed by atoms with van der Waals surface area (Å²) < 4.78 is 33.4. The van der Waals surface area contributed by atoms with Crippen molar-refractivity contribution in [3.8, 4) is 5.75 Å². The van der Waals surface area contributed by atoms with Crippen molar-refractivity contribution < 1.29 is 13.2 Å². The van der Waals surface area contributed by atoms with Crippen LogP contribution in [-0.4, -0.2) is 60.4 Å². The minimum Gasteiger partial charge on any atom is -0.494 e. The summed E-state index contributed by atoms with van der Waals surface area (Å²) in [5.41, 5.74) is 0.497. The van der Waals surface area contributed by atoms with E-state index in [1.54, 1.807) is 30.3 Å². The zero-order valence-corrected chi connectivity index (χ0v) is 19.8. The van der Waals surface area contributed by atoms with E-state index in [-0.39, 0.29) is 16.5 Å². The van der Waals surface area contributed by atoms with Crippen molar-refractivity contribution in [2.75, 3.05) is 32.8 Å². The van der Waals surface area contributed by atoms with Crippen LogP contribution in [0.5, 0.6) is 5.75 Å². The van der Waals surface area contributed by atoms with Crippen LogP contribution in [0, 0.1) is 0 Å². The Kier molecular flexibility index (Phi) is 7.11. The van der Waals surface area contributed by atoms with Gasteiger partial charge in [-0.25, -0.2) is 13.4 Å². The number of para-hydroxylation sites is 1. The van der Waals surface area contributed by atoms with E-state index < -0.39 is 10.0 Å². The predicted octanol–water partition coefficient (Wildman–Crippen LogP) is 3.17. The maximum Gasteiger partial charge on any atom is 0.258 e. The fourth-order valence-electron chi connectivity index (χ4n) is 4.00. The number of hydrogen-bond donors (Lipinski definition) is 1. The second-order valence-electron chi connectivity index (χ2n) is 8.26. The highest BCUT2D eigenvalue weighted by Crippen LogP contribution is 2.24.